The van der Waals surface area contributed by atoms with Gasteiger partial charge < -0.3 is 30.9 Å². The van der Waals surface area contributed by atoms with Gasteiger partial charge in [-0.25, -0.2) is 15.0 Å². The molecule has 2 unspecified atom stereocenters. The first kappa shape index (κ1) is 16.4. The minimum Gasteiger partial charge on any atom is -0.396 e. The Labute approximate surface area is 134 Å². The van der Waals surface area contributed by atoms with E-state index in [9.17, 15) is 15.3 Å². The van der Waals surface area contributed by atoms with E-state index in [-0.39, 0.29) is 12.4 Å². The summed E-state index contributed by atoms with van der Waals surface area (Å²) < 4.78 is 6.92. The van der Waals surface area contributed by atoms with Crippen molar-refractivity contribution in [1.82, 2.24) is 19.5 Å². The summed E-state index contributed by atoms with van der Waals surface area (Å²) >= 11 is 1.22. The molecule has 1 aliphatic rings. The largest absolute Gasteiger partial charge is 0.396 e. The van der Waals surface area contributed by atoms with E-state index in [1.807, 2.05) is 0 Å². The SMILES string of the molecule is Nc1nc(SCCO)nc2c1ncn2[C@@H]1O[C@H](CO)C(O)C1O. The third-order valence-corrected chi connectivity index (χ3v) is 4.37. The number of imidazole rings is 1. The molecule has 0 radical (unpaired) electrons. The van der Waals surface area contributed by atoms with E-state index in [4.69, 9.17) is 15.6 Å². The van der Waals surface area contributed by atoms with Gasteiger partial charge in [-0.05, 0) is 0 Å². The number of hydrogen-bond acceptors (Lipinski definition) is 10. The Balaban J connectivity index is 1.99. The van der Waals surface area contributed by atoms with Crippen LogP contribution in [0.5, 0.6) is 0 Å². The highest BCUT2D eigenvalue weighted by Crippen LogP contribution is 2.32. The van der Waals surface area contributed by atoms with Gasteiger partial charge in [0, 0.05) is 5.75 Å². The van der Waals surface area contributed by atoms with Gasteiger partial charge in [-0.3, -0.25) is 4.57 Å². The molecule has 126 valence electrons. The van der Waals surface area contributed by atoms with Gasteiger partial charge in [-0.1, -0.05) is 11.8 Å². The van der Waals surface area contributed by atoms with Crippen LogP contribution in [0.15, 0.2) is 11.5 Å². The molecular formula is C12H17N5O5S. The van der Waals surface area contributed by atoms with Crippen molar-refractivity contribution in [2.45, 2.75) is 29.7 Å². The molecule has 10 nitrogen and oxygen atoms in total. The Bertz CT molecular complexity index is 698. The fourth-order valence-electron chi connectivity index (χ4n) is 2.42. The predicted molar refractivity (Wildman–Crippen MR) is 80.6 cm³/mol. The molecule has 0 aliphatic carbocycles. The molecule has 2 aromatic rings. The smallest absolute Gasteiger partial charge is 0.191 e. The van der Waals surface area contributed by atoms with Gasteiger partial charge in [-0.15, -0.1) is 0 Å². The predicted octanol–water partition coefficient (Wildman–Crippen LogP) is -1.90. The zero-order valence-electron chi connectivity index (χ0n) is 12.0. The van der Waals surface area contributed by atoms with Crippen LogP contribution in [0.4, 0.5) is 5.82 Å². The lowest BCUT2D eigenvalue weighted by molar-refractivity contribution is -0.0511. The number of aliphatic hydroxyl groups excluding tert-OH is 4. The van der Waals surface area contributed by atoms with Crippen LogP contribution >= 0.6 is 11.8 Å². The lowest BCUT2D eigenvalue weighted by Gasteiger charge is -2.16. The summed E-state index contributed by atoms with van der Waals surface area (Å²) in [6, 6.07) is 0. The standard InChI is InChI=1S/C12H17N5O5S/c13-9-6-10(16-12(15-9)23-2-1-18)17(4-14-6)11-8(21)7(20)5(3-19)22-11/h4-5,7-8,11,18-21H,1-3H2,(H2,13,15,16)/t5-,7?,8?,11-/m1/s1. The molecule has 0 spiro atoms. The Morgan fingerprint density at radius 2 is 2.04 bits per heavy atom. The fraction of sp³-hybridized carbons (Fsp3) is 0.583. The normalized spacial score (nSPS) is 27.8. The van der Waals surface area contributed by atoms with Crippen molar-refractivity contribution in [2.75, 3.05) is 24.7 Å². The number of anilines is 1. The quantitative estimate of drug-likeness (QED) is 0.306. The van der Waals surface area contributed by atoms with Gasteiger partial charge in [0.25, 0.3) is 0 Å². The van der Waals surface area contributed by atoms with E-state index in [1.54, 1.807) is 0 Å². The van der Waals surface area contributed by atoms with E-state index in [2.05, 4.69) is 15.0 Å². The van der Waals surface area contributed by atoms with Crippen LogP contribution in [-0.4, -0.2) is 77.2 Å². The second kappa shape index (κ2) is 6.55. The summed E-state index contributed by atoms with van der Waals surface area (Å²) in [5, 5.41) is 38.4. The van der Waals surface area contributed by atoms with Gasteiger partial charge in [0.1, 0.15) is 23.8 Å². The van der Waals surface area contributed by atoms with E-state index < -0.39 is 31.1 Å². The maximum Gasteiger partial charge on any atom is 0.191 e. The number of nitrogens with two attached hydrogens (primary N) is 1. The van der Waals surface area contributed by atoms with Crippen LogP contribution < -0.4 is 5.73 Å². The number of ether oxygens (including phenoxy) is 1. The zero-order valence-corrected chi connectivity index (χ0v) is 12.8. The number of rotatable bonds is 5. The fourth-order valence-corrected chi connectivity index (χ4v) is 3.00. The molecule has 6 N–H and O–H groups in total. The molecule has 3 rings (SSSR count). The molecule has 1 fully saturated rings. The minimum atomic E-state index is -1.24. The second-order valence-corrected chi connectivity index (χ2v) is 6.08. The average molecular weight is 343 g/mol. The maximum atomic E-state index is 10.1. The number of hydrogen-bond donors (Lipinski definition) is 5. The molecule has 4 atom stereocenters. The van der Waals surface area contributed by atoms with Crippen LogP contribution in [0.2, 0.25) is 0 Å². The van der Waals surface area contributed by atoms with Crippen LogP contribution in [0, 0.1) is 0 Å². The van der Waals surface area contributed by atoms with Gasteiger partial charge >= 0.3 is 0 Å². The molecule has 1 saturated heterocycles. The number of thioether (sulfide) groups is 1. The highest BCUT2D eigenvalue weighted by Gasteiger charge is 2.44. The van der Waals surface area contributed by atoms with Gasteiger partial charge in [0.2, 0.25) is 0 Å². The number of nitrogens with zero attached hydrogens (tertiary/aromatic N) is 4. The first-order chi connectivity index (χ1) is 11.1. The van der Waals surface area contributed by atoms with Crippen LogP contribution in [-0.2, 0) is 4.74 Å². The molecule has 0 amide bonds. The lowest BCUT2D eigenvalue weighted by Crippen LogP contribution is -2.33. The summed E-state index contributed by atoms with van der Waals surface area (Å²) in [7, 11) is 0. The minimum absolute atomic E-state index is 0.0277. The summed E-state index contributed by atoms with van der Waals surface area (Å²) in [4.78, 5) is 12.5. The third kappa shape index (κ3) is 2.86. The molecular weight excluding hydrogens is 326 g/mol. The molecule has 0 bridgehead atoms. The van der Waals surface area contributed by atoms with Crippen molar-refractivity contribution in [3.8, 4) is 0 Å². The lowest BCUT2D eigenvalue weighted by atomic mass is 10.1. The molecule has 11 heteroatoms. The highest BCUT2D eigenvalue weighted by atomic mass is 32.2. The van der Waals surface area contributed by atoms with E-state index in [0.29, 0.717) is 22.1 Å². The third-order valence-electron chi connectivity index (χ3n) is 3.54. The highest BCUT2D eigenvalue weighted by molar-refractivity contribution is 7.99. The Kier molecular flexibility index (Phi) is 4.66. The maximum absolute atomic E-state index is 10.1. The number of aromatic nitrogens is 4. The van der Waals surface area contributed by atoms with Crippen molar-refractivity contribution in [1.29, 1.82) is 0 Å². The molecule has 3 heterocycles. The number of aliphatic hydroxyl groups is 4. The first-order valence-electron chi connectivity index (χ1n) is 6.93. The van der Waals surface area contributed by atoms with Crippen molar-refractivity contribution in [2.24, 2.45) is 0 Å². The second-order valence-electron chi connectivity index (χ2n) is 5.02. The van der Waals surface area contributed by atoms with E-state index in [1.165, 1.54) is 22.7 Å². The summed E-state index contributed by atoms with van der Waals surface area (Å²) in [6.45, 7) is -0.448. The van der Waals surface area contributed by atoms with Crippen LogP contribution in [0.3, 0.4) is 0 Å². The van der Waals surface area contributed by atoms with Crippen molar-refractivity contribution >= 4 is 28.7 Å². The van der Waals surface area contributed by atoms with E-state index in [0.717, 1.165) is 0 Å². The zero-order chi connectivity index (χ0) is 16.6. The summed E-state index contributed by atoms with van der Waals surface area (Å²) in [6.07, 6.45) is -2.91. The molecule has 1 aliphatic heterocycles. The Morgan fingerprint density at radius 3 is 2.70 bits per heavy atom. The number of nitrogen functional groups attached to an aromatic ring is 1. The average Bonchev–Trinajstić information content (AvgIpc) is 3.08. The summed E-state index contributed by atoms with van der Waals surface area (Å²) in [5.74, 6) is 0.577. The Hall–Kier alpha value is -1.50. The number of fused-ring (bicyclic) bond motifs is 1. The summed E-state index contributed by atoms with van der Waals surface area (Å²) in [5.41, 5.74) is 6.54. The topological polar surface area (TPSA) is 160 Å². The first-order valence-corrected chi connectivity index (χ1v) is 7.91. The Morgan fingerprint density at radius 1 is 1.26 bits per heavy atom. The van der Waals surface area contributed by atoms with Crippen LogP contribution in [0.1, 0.15) is 6.23 Å². The molecule has 0 aromatic carbocycles. The molecule has 0 saturated carbocycles. The van der Waals surface area contributed by atoms with Crippen molar-refractivity contribution in [3.05, 3.63) is 6.33 Å². The monoisotopic (exact) mass is 343 g/mol. The molecule has 2 aromatic heterocycles. The van der Waals surface area contributed by atoms with Crippen LogP contribution in [0.25, 0.3) is 11.2 Å². The van der Waals surface area contributed by atoms with E-state index >= 15 is 0 Å². The van der Waals surface area contributed by atoms with Gasteiger partial charge in [-0.2, -0.15) is 0 Å². The van der Waals surface area contributed by atoms with Gasteiger partial charge in [0.05, 0.1) is 19.5 Å². The van der Waals surface area contributed by atoms with Crippen molar-refractivity contribution < 1.29 is 25.2 Å². The van der Waals surface area contributed by atoms with Gasteiger partial charge in [0.15, 0.2) is 22.8 Å². The van der Waals surface area contributed by atoms with Crippen molar-refractivity contribution in [3.63, 3.8) is 0 Å². The molecule has 23 heavy (non-hydrogen) atoms.